The molecule has 65 heavy (non-hydrogen) atoms. The van der Waals surface area contributed by atoms with Crippen molar-refractivity contribution in [3.8, 4) is 24.2 Å². The Labute approximate surface area is 426 Å². The molecule has 0 unspecified atom stereocenters. The van der Waals surface area contributed by atoms with Crippen LogP contribution < -0.4 is 20.7 Å². The Morgan fingerprint density at radius 1 is 0.385 bits per heavy atom. The van der Waals surface area contributed by atoms with Crippen LogP contribution in [0.3, 0.4) is 0 Å². The van der Waals surface area contributed by atoms with Gasteiger partial charge in [-0.25, -0.2) is 0 Å². The van der Waals surface area contributed by atoms with Crippen LogP contribution in [0.2, 0.25) is 10.1 Å². The van der Waals surface area contributed by atoms with Gasteiger partial charge in [-0.05, 0) is 82.2 Å². The molecular formula is C58H83Br3O2Si2. The first kappa shape index (κ1) is 58.9. The lowest BCUT2D eigenvalue weighted by Gasteiger charge is -2.43. The van der Waals surface area contributed by atoms with Gasteiger partial charge in [-0.15, -0.1) is 24.2 Å². The molecule has 2 nitrogen and oxygen atoms in total. The quantitative estimate of drug-likeness (QED) is 0.0270. The summed E-state index contributed by atoms with van der Waals surface area (Å²) >= 11 is 10.3. The zero-order valence-electron chi connectivity index (χ0n) is 41.1. The normalized spacial score (nSPS) is 11.6. The molecule has 0 aliphatic heterocycles. The molecule has 4 rings (SSSR count). The second-order valence-corrected chi connectivity index (χ2v) is 29.8. The second-order valence-electron chi connectivity index (χ2n) is 18.8. The molecule has 356 valence electrons. The number of terminal acetylenes is 1. The largest absolute Gasteiger partial charge is 0.407 e. The van der Waals surface area contributed by atoms with Crippen molar-refractivity contribution in [2.75, 3.05) is 29.2 Å². The van der Waals surface area contributed by atoms with Crippen molar-refractivity contribution in [3.63, 3.8) is 0 Å². The lowest BCUT2D eigenvalue weighted by atomic mass is 10.1. The van der Waals surface area contributed by atoms with Gasteiger partial charge in [0, 0.05) is 48.5 Å². The van der Waals surface area contributed by atoms with Gasteiger partial charge in [0.15, 0.2) is 0 Å². The number of halogens is 3. The van der Waals surface area contributed by atoms with Gasteiger partial charge >= 0.3 is 0 Å². The average molecular weight is 1110 g/mol. The third kappa shape index (κ3) is 21.3. The summed E-state index contributed by atoms with van der Waals surface area (Å²) in [4.78, 5) is 0. The number of alkyl halides is 3. The maximum absolute atomic E-state index is 6.95. The van der Waals surface area contributed by atoms with E-state index in [1.165, 1.54) is 95.6 Å². The third-order valence-corrected chi connectivity index (χ3v) is 23.5. The highest BCUT2D eigenvalue weighted by Crippen LogP contribution is 2.38. The van der Waals surface area contributed by atoms with E-state index in [2.05, 4.69) is 228 Å². The van der Waals surface area contributed by atoms with Crippen LogP contribution >= 0.6 is 47.8 Å². The highest BCUT2D eigenvalue weighted by molar-refractivity contribution is 9.09. The van der Waals surface area contributed by atoms with Gasteiger partial charge in [0.2, 0.25) is 0 Å². The lowest BCUT2D eigenvalue weighted by molar-refractivity contribution is 0.289. The van der Waals surface area contributed by atoms with Gasteiger partial charge in [0.1, 0.15) is 0 Å². The van der Waals surface area contributed by atoms with Crippen molar-refractivity contribution in [2.24, 2.45) is 0 Å². The van der Waals surface area contributed by atoms with E-state index < -0.39 is 16.6 Å². The van der Waals surface area contributed by atoms with E-state index in [1.807, 2.05) is 0 Å². The van der Waals surface area contributed by atoms with Crippen molar-refractivity contribution in [1.82, 2.24) is 0 Å². The summed E-state index contributed by atoms with van der Waals surface area (Å²) in [6.45, 7) is 15.5. The molecule has 0 aliphatic carbocycles. The monoisotopic (exact) mass is 1100 g/mol. The van der Waals surface area contributed by atoms with Crippen LogP contribution in [-0.4, -0.2) is 45.8 Å². The molecule has 0 saturated heterocycles. The second kappa shape index (κ2) is 35.0. The highest BCUT2D eigenvalue weighted by atomic mass is 79.9. The Hall–Kier alpha value is -2.21. The van der Waals surface area contributed by atoms with Gasteiger partial charge in [-0.2, -0.15) is 0 Å². The van der Waals surface area contributed by atoms with Crippen LogP contribution in [0.4, 0.5) is 0 Å². The number of benzene rings is 4. The van der Waals surface area contributed by atoms with Gasteiger partial charge in [-0.1, -0.05) is 249 Å². The van der Waals surface area contributed by atoms with E-state index in [4.69, 9.17) is 15.3 Å². The van der Waals surface area contributed by atoms with E-state index in [0.717, 1.165) is 63.5 Å². The summed E-state index contributed by atoms with van der Waals surface area (Å²) in [6, 6.07) is 43.3. The Morgan fingerprint density at radius 2 is 0.646 bits per heavy atom. The number of hydrogen-bond acceptors (Lipinski definition) is 2. The first-order valence-electron chi connectivity index (χ1n) is 24.5. The smallest absolute Gasteiger partial charge is 0.261 e. The topological polar surface area (TPSA) is 18.5 Å². The van der Waals surface area contributed by atoms with Crippen molar-refractivity contribution >= 4 is 85.2 Å². The molecule has 0 spiro atoms. The van der Waals surface area contributed by atoms with Crippen molar-refractivity contribution in [3.05, 3.63) is 121 Å². The summed E-state index contributed by atoms with van der Waals surface area (Å²) in [6.07, 6.45) is 25.8. The van der Waals surface area contributed by atoms with E-state index in [0.29, 0.717) is 0 Å². The van der Waals surface area contributed by atoms with Crippen molar-refractivity contribution in [1.29, 1.82) is 0 Å². The minimum Gasteiger partial charge on any atom is -0.407 e. The van der Waals surface area contributed by atoms with Crippen LogP contribution in [0.5, 0.6) is 0 Å². The molecule has 0 bridgehead atoms. The SMILES string of the molecule is BrCCCCCCCBr.C#CCCCCO[Si](c1ccccc1)(c1ccccc1)C(C)(C)C.CC(C)(C)[Si](OCCCCC#CCCCCCCCBr)(c1ccccc1)c1ccccc1. The predicted molar refractivity (Wildman–Crippen MR) is 304 cm³/mol. The molecule has 0 radical (unpaired) electrons. The number of rotatable bonds is 26. The first-order chi connectivity index (χ1) is 31.5. The molecule has 0 aliphatic rings. The van der Waals surface area contributed by atoms with E-state index in [1.54, 1.807) is 0 Å². The Balaban J connectivity index is 0.000000386. The number of hydrogen-bond donors (Lipinski definition) is 0. The summed E-state index contributed by atoms with van der Waals surface area (Å²) < 4.78 is 13.7. The summed E-state index contributed by atoms with van der Waals surface area (Å²) in [5, 5.41) is 8.94. The van der Waals surface area contributed by atoms with E-state index in [9.17, 15) is 0 Å². The minimum absolute atomic E-state index is 0.0435. The average Bonchev–Trinajstić information content (AvgIpc) is 3.31. The molecule has 0 atom stereocenters. The van der Waals surface area contributed by atoms with Crippen molar-refractivity contribution in [2.45, 2.75) is 161 Å². The first-order valence-corrected chi connectivity index (χ1v) is 31.7. The van der Waals surface area contributed by atoms with Crippen LogP contribution in [0.25, 0.3) is 0 Å². The molecule has 0 amide bonds. The number of unbranched alkanes of at least 4 members (excludes halogenated alkanes) is 13. The van der Waals surface area contributed by atoms with E-state index >= 15 is 0 Å². The maximum atomic E-state index is 6.95. The van der Waals surface area contributed by atoms with E-state index in [-0.39, 0.29) is 10.1 Å². The molecule has 0 N–H and O–H groups in total. The fourth-order valence-corrected chi connectivity index (χ4v) is 18.8. The van der Waals surface area contributed by atoms with Gasteiger partial charge < -0.3 is 8.85 Å². The lowest BCUT2D eigenvalue weighted by Crippen LogP contribution is -2.66. The summed E-state index contributed by atoms with van der Waals surface area (Å²) in [7, 11) is -4.75. The third-order valence-electron chi connectivity index (χ3n) is 11.7. The highest BCUT2D eigenvalue weighted by Gasteiger charge is 2.51. The Kier molecular flexibility index (Phi) is 31.7. The maximum Gasteiger partial charge on any atom is 0.261 e. The van der Waals surface area contributed by atoms with Gasteiger partial charge in [-0.3, -0.25) is 0 Å². The molecule has 4 aromatic carbocycles. The summed E-state index contributed by atoms with van der Waals surface area (Å²) in [5.41, 5.74) is 0. The standard InChI is InChI=1S/C29H41BrOSi.C22H28OSi.C7H14Br2/c1-29(2,3)32(27-21-15-13-16-22-27,28-23-17-14-18-24-28)31-26-20-12-10-8-6-4-5-7-9-11-19-25-30;1-5-6-7-14-19-23-24(22(2,3)4,20-15-10-8-11-16-20)21-17-12-9-13-18-21;8-6-4-2-1-3-5-7-9/h13-18,21-24H,4-5,7,9-12,19-20,25-26H2,1-3H3;1,8-13,15-18H,6-7,14,19H2,2-4H3;1-7H2. The van der Waals surface area contributed by atoms with Crippen LogP contribution in [0.15, 0.2) is 121 Å². The minimum atomic E-state index is -2.39. The Bertz CT molecular complexity index is 1760. The molecular weight excluding hydrogens is 1020 g/mol. The molecule has 0 saturated carbocycles. The van der Waals surface area contributed by atoms with Crippen LogP contribution in [-0.2, 0) is 8.85 Å². The molecule has 4 aromatic rings. The van der Waals surface area contributed by atoms with Gasteiger partial charge in [0.05, 0.1) is 0 Å². The summed E-state index contributed by atoms with van der Waals surface area (Å²) in [5.74, 6) is 9.46. The van der Waals surface area contributed by atoms with Crippen molar-refractivity contribution < 1.29 is 8.85 Å². The van der Waals surface area contributed by atoms with Crippen LogP contribution in [0, 0.1) is 24.2 Å². The van der Waals surface area contributed by atoms with Gasteiger partial charge in [0.25, 0.3) is 16.6 Å². The molecule has 7 heteroatoms. The van der Waals surface area contributed by atoms with Crippen LogP contribution in [0.1, 0.15) is 151 Å². The fraction of sp³-hybridized carbons (Fsp3) is 0.517. The molecule has 0 fully saturated rings. The zero-order valence-corrected chi connectivity index (χ0v) is 47.9. The molecule has 0 heterocycles. The fourth-order valence-electron chi connectivity index (χ4n) is 8.35. The zero-order chi connectivity index (χ0) is 47.5. The molecule has 0 aromatic heterocycles. The predicted octanol–water partition coefficient (Wildman–Crippen LogP) is 15.6. The Morgan fingerprint density at radius 3 is 0.923 bits per heavy atom.